The maximum absolute atomic E-state index is 10.8. The molecule has 0 aliphatic heterocycles. The van der Waals surface area contributed by atoms with E-state index in [2.05, 4.69) is 44.2 Å². The predicted molar refractivity (Wildman–Crippen MR) is 84.5 cm³/mol. The third-order valence-corrected chi connectivity index (χ3v) is 7.98. The lowest BCUT2D eigenvalue weighted by Crippen LogP contribution is -2.49. The Kier molecular flexibility index (Phi) is 2.26. The van der Waals surface area contributed by atoms with Crippen molar-refractivity contribution in [3.05, 3.63) is 36.0 Å². The number of aliphatic hydroxyl groups is 1. The summed E-state index contributed by atoms with van der Waals surface area (Å²) in [5.74, 6) is 3.41. The third kappa shape index (κ3) is 1.37. The molecule has 0 aromatic rings. The highest BCUT2D eigenvalue weighted by Gasteiger charge is 2.61. The van der Waals surface area contributed by atoms with E-state index in [9.17, 15) is 5.11 Å². The Balaban J connectivity index is 1.74. The van der Waals surface area contributed by atoms with Gasteiger partial charge in [0.15, 0.2) is 0 Å². The zero-order valence-electron chi connectivity index (χ0n) is 13.1. The van der Waals surface area contributed by atoms with Crippen LogP contribution in [-0.2, 0) is 0 Å². The van der Waals surface area contributed by atoms with Crippen LogP contribution < -0.4 is 0 Å². The molecule has 1 heteroatoms. The highest BCUT2D eigenvalue weighted by atomic mass is 16.3. The Labute approximate surface area is 127 Å². The van der Waals surface area contributed by atoms with Crippen LogP contribution in [0.3, 0.4) is 0 Å². The second kappa shape index (κ2) is 3.74. The van der Waals surface area contributed by atoms with Gasteiger partial charge in [0, 0.05) is 5.41 Å². The highest BCUT2D eigenvalue weighted by molar-refractivity contribution is 5.42. The first-order valence-corrected chi connectivity index (χ1v) is 8.80. The van der Waals surface area contributed by atoms with Gasteiger partial charge < -0.3 is 5.11 Å². The van der Waals surface area contributed by atoms with Crippen LogP contribution in [0.2, 0.25) is 0 Å². The summed E-state index contributed by atoms with van der Waals surface area (Å²) in [5, 5.41) is 10.8. The van der Waals surface area contributed by atoms with Crippen LogP contribution in [0, 0.1) is 40.4 Å². The summed E-state index contributed by atoms with van der Waals surface area (Å²) in [7, 11) is 0. The van der Waals surface area contributed by atoms with Crippen molar-refractivity contribution < 1.29 is 5.11 Å². The summed E-state index contributed by atoms with van der Waals surface area (Å²) in [6.45, 7) is 4.84. The average molecular weight is 282 g/mol. The highest BCUT2D eigenvalue weighted by Crippen LogP contribution is 2.66. The Morgan fingerprint density at radius 1 is 1.19 bits per heavy atom. The summed E-state index contributed by atoms with van der Waals surface area (Å²) < 4.78 is 0. The van der Waals surface area contributed by atoms with Gasteiger partial charge in [-0.2, -0.15) is 0 Å². The molecular weight excluding hydrogens is 256 g/mol. The van der Waals surface area contributed by atoms with Gasteiger partial charge in [-0.3, -0.25) is 0 Å². The van der Waals surface area contributed by atoms with Crippen LogP contribution in [-0.4, -0.2) is 11.2 Å². The molecule has 6 aliphatic rings. The van der Waals surface area contributed by atoms with Gasteiger partial charge in [0.1, 0.15) is 0 Å². The standard InChI is InChI=1S/C20H26O/c1-19-7-5-12-9-13-11-17(21)20(2)8-6-16(19)15(18(13)20)4-3-14(19)10-12/h3-5,7,10,12-13,15-18,21H,6,8-9,11H2,1-2H3/t12?,13?,15?,16-,17-,18?,19-,20+/m0/s1. The summed E-state index contributed by atoms with van der Waals surface area (Å²) in [6.07, 6.45) is 17.2. The lowest BCUT2D eigenvalue weighted by atomic mass is 9.50. The number of hydrogen-bond donors (Lipinski definition) is 1. The number of rotatable bonds is 0. The van der Waals surface area contributed by atoms with Crippen LogP contribution in [0.15, 0.2) is 36.0 Å². The first-order valence-electron chi connectivity index (χ1n) is 8.80. The average Bonchev–Trinajstić information content (AvgIpc) is 2.75. The zero-order chi connectivity index (χ0) is 14.4. The molecule has 0 saturated heterocycles. The van der Waals surface area contributed by atoms with Crippen molar-refractivity contribution in [1.29, 1.82) is 0 Å². The predicted octanol–water partition coefficient (Wildman–Crippen LogP) is 4.11. The lowest BCUT2D eigenvalue weighted by Gasteiger charge is -2.54. The van der Waals surface area contributed by atoms with E-state index in [1.54, 1.807) is 5.57 Å². The molecule has 6 bridgehead atoms. The molecule has 21 heavy (non-hydrogen) atoms. The van der Waals surface area contributed by atoms with E-state index in [0.29, 0.717) is 23.7 Å². The quantitative estimate of drug-likeness (QED) is 0.663. The van der Waals surface area contributed by atoms with Crippen molar-refractivity contribution in [2.24, 2.45) is 40.4 Å². The maximum Gasteiger partial charge on any atom is 0.0599 e. The fourth-order valence-electron chi connectivity index (χ4n) is 6.83. The molecule has 0 amide bonds. The minimum Gasteiger partial charge on any atom is -0.393 e. The van der Waals surface area contributed by atoms with E-state index < -0.39 is 0 Å². The van der Waals surface area contributed by atoms with Crippen LogP contribution in [0.25, 0.3) is 0 Å². The van der Waals surface area contributed by atoms with E-state index >= 15 is 0 Å². The third-order valence-electron chi connectivity index (χ3n) is 7.98. The first kappa shape index (κ1) is 12.7. The Morgan fingerprint density at radius 3 is 2.90 bits per heavy atom. The molecule has 0 spiro atoms. The van der Waals surface area contributed by atoms with E-state index in [-0.39, 0.29) is 16.9 Å². The van der Waals surface area contributed by atoms with E-state index in [1.165, 1.54) is 19.3 Å². The Hall–Kier alpha value is -0.820. The van der Waals surface area contributed by atoms with Gasteiger partial charge in [-0.05, 0) is 66.3 Å². The fraction of sp³-hybridized carbons (Fsp3) is 0.700. The van der Waals surface area contributed by atoms with Gasteiger partial charge in [-0.15, -0.1) is 0 Å². The molecule has 0 aromatic carbocycles. The number of allylic oxidation sites excluding steroid dienone is 6. The normalized spacial score (nSPS) is 59.7. The molecule has 1 N–H and O–H groups in total. The van der Waals surface area contributed by atoms with Gasteiger partial charge in [-0.25, -0.2) is 0 Å². The van der Waals surface area contributed by atoms with E-state index in [0.717, 1.165) is 12.3 Å². The van der Waals surface area contributed by atoms with Crippen LogP contribution >= 0.6 is 0 Å². The molecule has 6 aliphatic carbocycles. The zero-order valence-corrected chi connectivity index (χ0v) is 13.1. The minimum absolute atomic E-state index is 0.0815. The molecular formula is C20H26O. The van der Waals surface area contributed by atoms with Crippen molar-refractivity contribution >= 4 is 0 Å². The van der Waals surface area contributed by atoms with Crippen molar-refractivity contribution in [2.45, 2.75) is 45.6 Å². The van der Waals surface area contributed by atoms with Gasteiger partial charge in [0.05, 0.1) is 6.10 Å². The van der Waals surface area contributed by atoms with Crippen molar-refractivity contribution in [2.75, 3.05) is 0 Å². The number of aliphatic hydroxyl groups excluding tert-OH is 1. The molecule has 2 fully saturated rings. The lowest BCUT2D eigenvalue weighted by molar-refractivity contribution is -0.0439. The van der Waals surface area contributed by atoms with Crippen molar-refractivity contribution in [1.82, 2.24) is 0 Å². The van der Waals surface area contributed by atoms with Gasteiger partial charge in [0.25, 0.3) is 0 Å². The molecule has 1 nitrogen and oxygen atoms in total. The Bertz CT molecular complexity index is 585. The molecule has 8 atom stereocenters. The van der Waals surface area contributed by atoms with Gasteiger partial charge in [0.2, 0.25) is 0 Å². The van der Waals surface area contributed by atoms with Crippen molar-refractivity contribution in [3.63, 3.8) is 0 Å². The SMILES string of the molecule is C[C@]12C=CC3C=C1C=CC1C4C(C3)C[C@H](O)[C@@]4(C)CC[C@@H]12. The van der Waals surface area contributed by atoms with Crippen LogP contribution in [0.1, 0.15) is 39.5 Å². The van der Waals surface area contributed by atoms with Gasteiger partial charge in [-0.1, -0.05) is 44.2 Å². The van der Waals surface area contributed by atoms with Gasteiger partial charge >= 0.3 is 0 Å². The molecule has 112 valence electrons. The molecule has 0 heterocycles. The minimum atomic E-state index is -0.0815. The molecule has 0 radical (unpaired) electrons. The summed E-state index contributed by atoms with van der Waals surface area (Å²) in [5.41, 5.74) is 1.98. The molecule has 2 saturated carbocycles. The smallest absolute Gasteiger partial charge is 0.0599 e. The summed E-state index contributed by atoms with van der Waals surface area (Å²) in [4.78, 5) is 0. The van der Waals surface area contributed by atoms with E-state index in [4.69, 9.17) is 0 Å². The monoisotopic (exact) mass is 282 g/mol. The second-order valence-corrected chi connectivity index (χ2v) is 8.79. The van der Waals surface area contributed by atoms with Crippen LogP contribution in [0.4, 0.5) is 0 Å². The topological polar surface area (TPSA) is 20.2 Å². The molecule has 4 unspecified atom stereocenters. The largest absolute Gasteiger partial charge is 0.393 e. The number of hydrogen-bond acceptors (Lipinski definition) is 1. The first-order chi connectivity index (χ1) is 10.0. The Morgan fingerprint density at radius 2 is 2.05 bits per heavy atom. The summed E-state index contributed by atoms with van der Waals surface area (Å²) in [6, 6.07) is 0. The maximum atomic E-state index is 10.8. The fourth-order valence-corrected chi connectivity index (χ4v) is 6.83. The second-order valence-electron chi connectivity index (χ2n) is 8.79. The summed E-state index contributed by atoms with van der Waals surface area (Å²) >= 11 is 0. The van der Waals surface area contributed by atoms with Crippen molar-refractivity contribution in [3.8, 4) is 0 Å². The molecule has 6 rings (SSSR count). The molecule has 0 aromatic heterocycles. The van der Waals surface area contributed by atoms with E-state index in [1.807, 2.05) is 0 Å². The van der Waals surface area contributed by atoms with Crippen LogP contribution in [0.5, 0.6) is 0 Å².